The summed E-state index contributed by atoms with van der Waals surface area (Å²) >= 11 is 12.1. The molecule has 116 valence electrons. The Hall–Kier alpha value is -1.20. The highest BCUT2D eigenvalue weighted by Crippen LogP contribution is 2.28. The Kier molecular flexibility index (Phi) is 4.84. The van der Waals surface area contributed by atoms with Gasteiger partial charge in [-0.1, -0.05) is 23.2 Å². The summed E-state index contributed by atoms with van der Waals surface area (Å²) in [6, 6.07) is 1.74. The lowest BCUT2D eigenvalue weighted by Crippen LogP contribution is -2.50. The summed E-state index contributed by atoms with van der Waals surface area (Å²) in [6.45, 7) is 8.12. The Morgan fingerprint density at radius 3 is 2.43 bits per heavy atom. The number of carbonyl (C=O) groups excluding carboxylic acids is 1. The van der Waals surface area contributed by atoms with Gasteiger partial charge in [-0.05, 0) is 20.8 Å². The van der Waals surface area contributed by atoms with Gasteiger partial charge in [0.2, 0.25) is 0 Å². The average molecular weight is 332 g/mol. The Bertz CT molecular complexity index is 523. The maximum absolute atomic E-state index is 12.0. The number of halogens is 2. The number of anilines is 1. The molecule has 1 fully saturated rings. The van der Waals surface area contributed by atoms with Gasteiger partial charge >= 0.3 is 6.09 Å². The highest BCUT2D eigenvalue weighted by atomic mass is 35.5. The van der Waals surface area contributed by atoms with Gasteiger partial charge in [0, 0.05) is 38.4 Å². The Morgan fingerprint density at radius 2 is 1.86 bits per heavy atom. The maximum atomic E-state index is 12.0. The number of rotatable bonds is 1. The molecule has 0 N–H and O–H groups in total. The van der Waals surface area contributed by atoms with E-state index in [4.69, 9.17) is 27.9 Å². The molecule has 1 aromatic rings. The number of piperazine rings is 1. The van der Waals surface area contributed by atoms with Crippen molar-refractivity contribution in [3.8, 4) is 0 Å². The number of amides is 1. The first kappa shape index (κ1) is 16.2. The fourth-order valence-corrected chi connectivity index (χ4v) is 2.48. The van der Waals surface area contributed by atoms with Crippen LogP contribution in [0, 0.1) is 0 Å². The number of pyridine rings is 1. The van der Waals surface area contributed by atoms with Crippen molar-refractivity contribution in [1.29, 1.82) is 0 Å². The molecule has 21 heavy (non-hydrogen) atoms. The predicted molar refractivity (Wildman–Crippen MR) is 84.3 cm³/mol. The van der Waals surface area contributed by atoms with E-state index in [9.17, 15) is 4.79 Å². The van der Waals surface area contributed by atoms with E-state index in [1.54, 1.807) is 17.2 Å². The normalized spacial score (nSPS) is 16.0. The molecule has 2 heterocycles. The molecule has 0 saturated carbocycles. The Labute approximate surface area is 134 Å². The van der Waals surface area contributed by atoms with Crippen molar-refractivity contribution in [2.45, 2.75) is 26.4 Å². The molecule has 1 saturated heterocycles. The molecule has 5 nitrogen and oxygen atoms in total. The van der Waals surface area contributed by atoms with Crippen molar-refractivity contribution in [1.82, 2.24) is 9.88 Å². The monoisotopic (exact) mass is 331 g/mol. The zero-order valence-electron chi connectivity index (χ0n) is 12.4. The summed E-state index contributed by atoms with van der Waals surface area (Å²) in [6.07, 6.45) is 1.26. The third kappa shape index (κ3) is 4.38. The summed E-state index contributed by atoms with van der Waals surface area (Å²) < 4.78 is 5.37. The van der Waals surface area contributed by atoms with E-state index in [1.165, 1.54) is 0 Å². The summed E-state index contributed by atoms with van der Waals surface area (Å²) in [5, 5.41) is 0.967. The minimum atomic E-state index is -0.476. The quantitative estimate of drug-likeness (QED) is 0.739. The molecule has 0 radical (unpaired) electrons. The average Bonchev–Trinajstić information content (AvgIpc) is 2.40. The molecule has 0 atom stereocenters. The summed E-state index contributed by atoms with van der Waals surface area (Å²) in [4.78, 5) is 19.7. The second-order valence-corrected chi connectivity index (χ2v) is 6.71. The molecule has 1 aliphatic heterocycles. The van der Waals surface area contributed by atoms with Crippen LogP contribution in [0.5, 0.6) is 0 Å². The first-order chi connectivity index (χ1) is 9.76. The van der Waals surface area contributed by atoms with Gasteiger partial charge in [-0.15, -0.1) is 0 Å². The van der Waals surface area contributed by atoms with Gasteiger partial charge in [-0.3, -0.25) is 0 Å². The van der Waals surface area contributed by atoms with E-state index in [1.807, 2.05) is 20.8 Å². The first-order valence-corrected chi connectivity index (χ1v) is 7.56. The molecule has 0 unspecified atom stereocenters. The van der Waals surface area contributed by atoms with Crippen molar-refractivity contribution in [3.05, 3.63) is 22.4 Å². The van der Waals surface area contributed by atoms with E-state index in [2.05, 4.69) is 9.88 Å². The maximum Gasteiger partial charge on any atom is 0.410 e. The van der Waals surface area contributed by atoms with E-state index in [0.29, 0.717) is 36.4 Å². The molecular weight excluding hydrogens is 313 g/mol. The van der Waals surface area contributed by atoms with Crippen LogP contribution in [0.15, 0.2) is 12.3 Å². The highest BCUT2D eigenvalue weighted by molar-refractivity contribution is 6.34. The second-order valence-electron chi connectivity index (χ2n) is 5.91. The van der Waals surface area contributed by atoms with Crippen LogP contribution in [0.25, 0.3) is 0 Å². The van der Waals surface area contributed by atoms with Gasteiger partial charge in [0.15, 0.2) is 0 Å². The molecular formula is C14H19Cl2N3O2. The van der Waals surface area contributed by atoms with Gasteiger partial charge in [0.05, 0.1) is 10.7 Å². The highest BCUT2D eigenvalue weighted by Gasteiger charge is 2.26. The van der Waals surface area contributed by atoms with E-state index < -0.39 is 5.60 Å². The Balaban J connectivity index is 1.97. The number of aromatic nitrogens is 1. The summed E-state index contributed by atoms with van der Waals surface area (Å²) in [5.74, 6) is 0. The fourth-order valence-electron chi connectivity index (χ4n) is 2.10. The molecule has 0 aliphatic carbocycles. The van der Waals surface area contributed by atoms with Gasteiger partial charge < -0.3 is 14.5 Å². The summed E-state index contributed by atoms with van der Waals surface area (Å²) in [5.41, 5.74) is 0.372. The predicted octanol–water partition coefficient (Wildman–Crippen LogP) is 3.45. The minimum absolute atomic E-state index is 0.277. The lowest BCUT2D eigenvalue weighted by molar-refractivity contribution is 0.0240. The van der Waals surface area contributed by atoms with Crippen LogP contribution in [-0.2, 0) is 4.74 Å². The molecule has 7 heteroatoms. The number of hydrogen-bond acceptors (Lipinski definition) is 4. The van der Waals surface area contributed by atoms with Crippen LogP contribution in [0.1, 0.15) is 20.8 Å². The zero-order valence-corrected chi connectivity index (χ0v) is 13.9. The SMILES string of the molecule is CC(C)(C)OC(=O)N1CCN(c2cc(Cl)ncc2Cl)CC1. The van der Waals surface area contributed by atoms with Crippen molar-refractivity contribution in [3.63, 3.8) is 0 Å². The fraction of sp³-hybridized carbons (Fsp3) is 0.571. The minimum Gasteiger partial charge on any atom is -0.444 e. The molecule has 1 aliphatic rings. The van der Waals surface area contributed by atoms with Crippen molar-refractivity contribution >= 4 is 35.0 Å². The lowest BCUT2D eigenvalue weighted by atomic mass is 10.2. The van der Waals surface area contributed by atoms with E-state index in [0.717, 1.165) is 5.69 Å². The van der Waals surface area contributed by atoms with Crippen LogP contribution in [-0.4, -0.2) is 47.8 Å². The van der Waals surface area contributed by atoms with Gasteiger partial charge in [-0.25, -0.2) is 9.78 Å². The van der Waals surface area contributed by atoms with Crippen molar-refractivity contribution in [2.75, 3.05) is 31.1 Å². The van der Waals surface area contributed by atoms with Crippen LogP contribution in [0.4, 0.5) is 10.5 Å². The molecule has 1 amide bonds. The van der Waals surface area contributed by atoms with Crippen LogP contribution < -0.4 is 4.90 Å². The number of nitrogens with zero attached hydrogens (tertiary/aromatic N) is 3. The molecule has 1 aromatic heterocycles. The third-order valence-electron chi connectivity index (χ3n) is 3.07. The van der Waals surface area contributed by atoms with Crippen molar-refractivity contribution < 1.29 is 9.53 Å². The van der Waals surface area contributed by atoms with E-state index in [-0.39, 0.29) is 6.09 Å². The number of hydrogen-bond donors (Lipinski definition) is 0. The lowest BCUT2D eigenvalue weighted by Gasteiger charge is -2.37. The van der Waals surface area contributed by atoms with E-state index >= 15 is 0 Å². The first-order valence-electron chi connectivity index (χ1n) is 6.80. The number of ether oxygens (including phenoxy) is 1. The topological polar surface area (TPSA) is 45.7 Å². The van der Waals surface area contributed by atoms with Crippen molar-refractivity contribution in [2.24, 2.45) is 0 Å². The second kappa shape index (κ2) is 6.28. The van der Waals surface area contributed by atoms with Crippen LogP contribution >= 0.6 is 23.2 Å². The van der Waals surface area contributed by atoms with Gasteiger partial charge in [-0.2, -0.15) is 0 Å². The molecule has 0 bridgehead atoms. The Morgan fingerprint density at radius 1 is 1.24 bits per heavy atom. The molecule has 2 rings (SSSR count). The van der Waals surface area contributed by atoms with Gasteiger partial charge in [0.1, 0.15) is 10.8 Å². The smallest absolute Gasteiger partial charge is 0.410 e. The van der Waals surface area contributed by atoms with Gasteiger partial charge in [0.25, 0.3) is 0 Å². The van der Waals surface area contributed by atoms with Crippen LogP contribution in [0.2, 0.25) is 10.2 Å². The summed E-state index contributed by atoms with van der Waals surface area (Å²) in [7, 11) is 0. The third-order valence-corrected chi connectivity index (χ3v) is 3.57. The molecule has 0 spiro atoms. The zero-order chi connectivity index (χ0) is 15.6. The number of carbonyl (C=O) groups is 1. The molecule has 0 aromatic carbocycles. The van der Waals surface area contributed by atoms with Crippen LogP contribution in [0.3, 0.4) is 0 Å². The standard InChI is InChI=1S/C14H19Cl2N3O2/c1-14(2,3)21-13(20)19-6-4-18(5-7-19)11-8-12(16)17-9-10(11)15/h8-9H,4-7H2,1-3H3. The largest absolute Gasteiger partial charge is 0.444 e.